The van der Waals surface area contributed by atoms with Crippen molar-refractivity contribution < 1.29 is 22.8 Å². The number of aliphatic imine (C=N–C) groups is 1. The largest absolute Gasteiger partial charge is 0.416 e. The van der Waals surface area contributed by atoms with Crippen LogP contribution in [0.15, 0.2) is 87.7 Å². The predicted molar refractivity (Wildman–Crippen MR) is 187 cm³/mol. The van der Waals surface area contributed by atoms with Crippen molar-refractivity contribution in [2.75, 3.05) is 17.2 Å². The molecular weight excluding hydrogens is 637 g/mol. The van der Waals surface area contributed by atoms with Crippen molar-refractivity contribution >= 4 is 40.8 Å². The van der Waals surface area contributed by atoms with Crippen molar-refractivity contribution in [2.45, 2.75) is 84.4 Å². The molecule has 3 N–H and O–H groups in total. The van der Waals surface area contributed by atoms with Gasteiger partial charge < -0.3 is 16.0 Å². The van der Waals surface area contributed by atoms with E-state index in [9.17, 15) is 22.8 Å². The fourth-order valence-corrected chi connectivity index (χ4v) is 6.31. The Labute approximate surface area is 284 Å². The molecule has 2 aliphatic rings. The van der Waals surface area contributed by atoms with Gasteiger partial charge in [-0.25, -0.2) is 4.98 Å². The highest BCUT2D eigenvalue weighted by Gasteiger charge is 2.33. The molecule has 2 aliphatic heterocycles. The number of alkyl halides is 3. The maximum absolute atomic E-state index is 13.6. The number of nitrogens with one attached hydrogen (secondary N) is 3. The van der Waals surface area contributed by atoms with Crippen LogP contribution in [0.3, 0.4) is 0 Å². The lowest BCUT2D eigenvalue weighted by Gasteiger charge is -2.20. The Bertz CT molecular complexity index is 1580. The number of amides is 2. The lowest BCUT2D eigenvalue weighted by atomic mass is 9.95. The van der Waals surface area contributed by atoms with Gasteiger partial charge >= 0.3 is 6.18 Å². The highest BCUT2D eigenvalue weighted by molar-refractivity contribution is 8.07. The number of unbranched alkanes of at least 4 members (excludes halogenated alkanes) is 1. The van der Waals surface area contributed by atoms with E-state index >= 15 is 0 Å². The van der Waals surface area contributed by atoms with Gasteiger partial charge in [-0.3, -0.25) is 19.6 Å². The highest BCUT2D eigenvalue weighted by Crippen LogP contribution is 2.35. The molecular formula is C36H43F3N6O2S. The number of halogens is 3. The molecule has 12 heteroatoms. The second-order valence-electron chi connectivity index (χ2n) is 12.0. The zero-order chi connectivity index (χ0) is 34.5. The van der Waals surface area contributed by atoms with Crippen LogP contribution < -0.4 is 16.0 Å². The van der Waals surface area contributed by atoms with Crippen molar-refractivity contribution in [3.63, 3.8) is 0 Å². The van der Waals surface area contributed by atoms with Gasteiger partial charge in [0.25, 0.3) is 5.91 Å². The first-order valence-electron chi connectivity index (χ1n) is 16.3. The number of carbonyl (C=O) groups excluding carboxylic acids is 2. The second kappa shape index (κ2) is 17.8. The second-order valence-corrected chi connectivity index (χ2v) is 13.1. The van der Waals surface area contributed by atoms with Gasteiger partial charge in [-0.1, -0.05) is 43.3 Å². The molecule has 0 aliphatic carbocycles. The van der Waals surface area contributed by atoms with Crippen molar-refractivity contribution in [3.8, 4) is 0 Å². The Kier molecular flexibility index (Phi) is 13.6. The van der Waals surface area contributed by atoms with Gasteiger partial charge in [0.05, 0.1) is 22.2 Å². The SMILES string of the molecule is Cc1cnc(NC(=O)C2=CCCC=C(C(C)NC(=O)/C3=C/C(C(C)CCCCNc4cccnc4)=N\C=C\CCC3)S2)cc1C(F)(F)F. The van der Waals surface area contributed by atoms with E-state index < -0.39 is 23.7 Å². The van der Waals surface area contributed by atoms with Gasteiger partial charge in [-0.2, -0.15) is 13.2 Å². The van der Waals surface area contributed by atoms with E-state index in [4.69, 9.17) is 4.99 Å². The van der Waals surface area contributed by atoms with Gasteiger partial charge in [-0.05, 0) is 94.5 Å². The number of anilines is 2. The molecule has 4 rings (SSSR count). The standard InChI is InChI=1S/C36H43F3N6O2S/c1-24(12-8-10-18-41-28-14-11-17-40-23-28)30-20-27(13-5-4-9-19-42-30)34(46)44-26(3)31-15-6-7-16-32(48-31)35(47)45-33-21-29(36(37,38)39)25(2)22-43-33/h9,11,14-17,19-24,26,41H,4-8,10,12-13,18H2,1-3H3,(H,44,46)(H,43,45,47)/b19-9+,27-20+,42-30+. The van der Waals surface area contributed by atoms with E-state index in [0.29, 0.717) is 29.7 Å². The van der Waals surface area contributed by atoms with Crippen molar-refractivity contribution in [2.24, 2.45) is 10.9 Å². The van der Waals surface area contributed by atoms with Crippen LogP contribution in [0.5, 0.6) is 0 Å². The Morgan fingerprint density at radius 3 is 2.65 bits per heavy atom. The summed E-state index contributed by atoms with van der Waals surface area (Å²) < 4.78 is 40.2. The van der Waals surface area contributed by atoms with Crippen LogP contribution in [0.4, 0.5) is 24.7 Å². The number of thioether (sulfide) groups is 1. The van der Waals surface area contributed by atoms with Crippen molar-refractivity contribution in [1.82, 2.24) is 15.3 Å². The van der Waals surface area contributed by atoms with Gasteiger partial charge in [0, 0.05) is 47.5 Å². The molecule has 0 saturated carbocycles. The maximum Gasteiger partial charge on any atom is 0.416 e. The summed E-state index contributed by atoms with van der Waals surface area (Å²) in [7, 11) is 0. The normalized spacial score (nSPS) is 19.6. The van der Waals surface area contributed by atoms with Gasteiger partial charge in [0.1, 0.15) is 5.82 Å². The lowest BCUT2D eigenvalue weighted by Crippen LogP contribution is -2.35. The van der Waals surface area contributed by atoms with E-state index in [2.05, 4.69) is 32.8 Å². The van der Waals surface area contributed by atoms with Crippen LogP contribution in [0.1, 0.15) is 76.3 Å². The third-order valence-corrected chi connectivity index (χ3v) is 9.37. The molecule has 256 valence electrons. The van der Waals surface area contributed by atoms with E-state index in [1.807, 2.05) is 43.5 Å². The summed E-state index contributed by atoms with van der Waals surface area (Å²) in [6, 6.07) is 4.34. The zero-order valence-corrected chi connectivity index (χ0v) is 28.4. The minimum absolute atomic E-state index is 0.0253. The van der Waals surface area contributed by atoms with Crippen molar-refractivity contribution in [1.29, 1.82) is 0 Å². The Balaban J connectivity index is 1.35. The summed E-state index contributed by atoms with van der Waals surface area (Å²) in [6.45, 7) is 6.17. The molecule has 0 aromatic carbocycles. The molecule has 2 aromatic rings. The van der Waals surface area contributed by atoms with Crippen LogP contribution in [0.25, 0.3) is 0 Å². The highest BCUT2D eigenvalue weighted by atomic mass is 32.2. The van der Waals surface area contributed by atoms with E-state index in [1.54, 1.807) is 18.5 Å². The third-order valence-electron chi connectivity index (χ3n) is 8.04. The van der Waals surface area contributed by atoms with E-state index in [1.165, 1.54) is 18.7 Å². The van der Waals surface area contributed by atoms with Gasteiger partial charge in [0.15, 0.2) is 0 Å². The number of carbonyl (C=O) groups is 2. The first-order chi connectivity index (χ1) is 23.0. The molecule has 2 unspecified atom stereocenters. The molecule has 0 fully saturated rings. The van der Waals surface area contributed by atoms with Crippen LogP contribution >= 0.6 is 11.8 Å². The first-order valence-corrected chi connectivity index (χ1v) is 17.1. The monoisotopic (exact) mass is 680 g/mol. The van der Waals surface area contributed by atoms with Crippen LogP contribution in [-0.4, -0.2) is 40.1 Å². The zero-order valence-electron chi connectivity index (χ0n) is 27.6. The molecule has 0 radical (unpaired) electrons. The van der Waals surface area contributed by atoms with Crippen LogP contribution in [0.2, 0.25) is 0 Å². The molecule has 0 bridgehead atoms. The first kappa shape index (κ1) is 36.6. The molecule has 8 nitrogen and oxygen atoms in total. The van der Waals surface area contributed by atoms with Crippen LogP contribution in [0, 0.1) is 12.8 Å². The van der Waals surface area contributed by atoms with Gasteiger partial charge in [0.2, 0.25) is 5.91 Å². The molecule has 0 saturated heterocycles. The molecule has 2 atom stereocenters. The number of rotatable bonds is 12. The minimum Gasteiger partial charge on any atom is -0.384 e. The Morgan fingerprint density at radius 2 is 1.88 bits per heavy atom. The number of aryl methyl sites for hydroxylation is 1. The number of allylic oxidation sites excluding steroid dienone is 4. The topological polar surface area (TPSA) is 108 Å². The molecule has 2 amide bonds. The van der Waals surface area contributed by atoms with Gasteiger partial charge in [-0.15, -0.1) is 0 Å². The summed E-state index contributed by atoms with van der Waals surface area (Å²) in [5.41, 5.74) is 1.66. The average molecular weight is 681 g/mol. The van der Waals surface area contributed by atoms with E-state index in [-0.39, 0.29) is 23.2 Å². The van der Waals surface area contributed by atoms with Crippen LogP contribution in [-0.2, 0) is 15.8 Å². The molecule has 4 heterocycles. The number of nitrogens with zero attached hydrogens (tertiary/aromatic N) is 3. The summed E-state index contributed by atoms with van der Waals surface area (Å²) >= 11 is 1.20. The summed E-state index contributed by atoms with van der Waals surface area (Å²) in [5.74, 6) is -0.752. The minimum atomic E-state index is -4.56. The average Bonchev–Trinajstić information content (AvgIpc) is 3.24. The molecule has 2 aromatic heterocycles. The molecule has 48 heavy (non-hydrogen) atoms. The predicted octanol–water partition coefficient (Wildman–Crippen LogP) is 8.53. The number of hydrogen-bond acceptors (Lipinski definition) is 7. The fourth-order valence-electron chi connectivity index (χ4n) is 5.27. The fraction of sp³-hybridized carbons (Fsp3) is 0.417. The third kappa shape index (κ3) is 11.2. The number of hydrogen-bond donors (Lipinski definition) is 3. The Morgan fingerprint density at radius 1 is 1.06 bits per heavy atom. The van der Waals surface area contributed by atoms with Crippen molar-refractivity contribution in [3.05, 3.63) is 93.8 Å². The Hall–Kier alpha value is -4.19. The number of aromatic nitrogens is 2. The number of pyridine rings is 2. The summed E-state index contributed by atoms with van der Waals surface area (Å²) in [6.07, 6.45) is 16.0. The lowest BCUT2D eigenvalue weighted by molar-refractivity contribution is -0.138. The van der Waals surface area contributed by atoms with E-state index in [0.717, 1.165) is 67.2 Å². The summed E-state index contributed by atoms with van der Waals surface area (Å²) in [5, 5.41) is 9.00. The smallest absolute Gasteiger partial charge is 0.384 e. The quantitative estimate of drug-likeness (QED) is 0.194. The maximum atomic E-state index is 13.6. The molecule has 0 spiro atoms. The summed E-state index contributed by atoms with van der Waals surface area (Å²) in [4.78, 5) is 40.6.